The average Bonchev–Trinajstić information content (AvgIpc) is 2.51. The van der Waals surface area contributed by atoms with Gasteiger partial charge in [-0.3, -0.25) is 10.0 Å². The zero-order chi connectivity index (χ0) is 18.4. The number of hydrogen-bond donors (Lipinski definition) is 2. The molecule has 0 spiro atoms. The van der Waals surface area contributed by atoms with Gasteiger partial charge in [-0.2, -0.15) is 4.31 Å². The van der Waals surface area contributed by atoms with Crippen LogP contribution in [-0.4, -0.2) is 48.4 Å². The number of amides is 1. The highest BCUT2D eigenvalue weighted by atomic mass is 35.5. The first-order valence-electron chi connectivity index (χ1n) is 7.37. The number of halogens is 1. The van der Waals surface area contributed by atoms with Gasteiger partial charge in [0.05, 0.1) is 18.0 Å². The molecule has 1 aromatic rings. The fourth-order valence-electron chi connectivity index (χ4n) is 1.93. The molecule has 0 aliphatic rings. The van der Waals surface area contributed by atoms with E-state index >= 15 is 0 Å². The van der Waals surface area contributed by atoms with Gasteiger partial charge in [0, 0.05) is 11.4 Å². The number of ether oxygens (including phenoxy) is 1. The minimum absolute atomic E-state index is 0.0351. The number of carbonyl (C=O) groups excluding carboxylic acids is 1. The van der Waals surface area contributed by atoms with Gasteiger partial charge in [-0.25, -0.2) is 13.9 Å². The lowest BCUT2D eigenvalue weighted by atomic mass is 10.1. The van der Waals surface area contributed by atoms with Crippen molar-refractivity contribution in [3.63, 3.8) is 0 Å². The van der Waals surface area contributed by atoms with Crippen LogP contribution < -0.4 is 10.2 Å². The van der Waals surface area contributed by atoms with Gasteiger partial charge < -0.3 is 4.74 Å². The summed E-state index contributed by atoms with van der Waals surface area (Å²) in [5, 5.41) is 8.68. The fraction of sp³-hybridized carbons (Fsp3) is 0.533. The minimum Gasteiger partial charge on any atom is -0.494 e. The van der Waals surface area contributed by atoms with Crippen LogP contribution >= 0.6 is 11.6 Å². The molecule has 0 heterocycles. The van der Waals surface area contributed by atoms with Crippen molar-refractivity contribution in [3.05, 3.63) is 24.3 Å². The summed E-state index contributed by atoms with van der Waals surface area (Å²) in [7, 11) is -3.92. The third kappa shape index (κ3) is 5.62. The van der Waals surface area contributed by atoms with Gasteiger partial charge in [-0.05, 0) is 51.5 Å². The summed E-state index contributed by atoms with van der Waals surface area (Å²) in [6.07, 6.45) is 0.690. The molecule has 9 heteroatoms. The van der Waals surface area contributed by atoms with Gasteiger partial charge >= 0.3 is 0 Å². The molecule has 0 saturated carbocycles. The van der Waals surface area contributed by atoms with Crippen molar-refractivity contribution >= 4 is 27.5 Å². The van der Waals surface area contributed by atoms with Crippen molar-refractivity contribution in [2.24, 2.45) is 0 Å². The summed E-state index contributed by atoms with van der Waals surface area (Å²) >= 11 is 5.57. The van der Waals surface area contributed by atoms with E-state index in [1.807, 2.05) is 0 Å². The molecule has 2 N–H and O–H groups in total. The Kier molecular flexibility index (Phi) is 7.47. The molecule has 0 saturated heterocycles. The fourth-order valence-corrected chi connectivity index (χ4v) is 3.78. The molecule has 0 bridgehead atoms. The standard InChI is InChI=1S/C15H23ClN2O5S/c1-15(2,3)18(11-14(19)17-20)24(21,22)13-7-5-12(6-8-13)23-10-4-9-16/h5-8,20H,4,9-11H2,1-3H3,(H,17,19). The van der Waals surface area contributed by atoms with Gasteiger partial charge in [-0.1, -0.05) is 0 Å². The van der Waals surface area contributed by atoms with Crippen LogP contribution in [0.25, 0.3) is 0 Å². The van der Waals surface area contributed by atoms with Crippen molar-refractivity contribution < 1.29 is 23.2 Å². The average molecular weight is 379 g/mol. The number of sulfonamides is 1. The van der Waals surface area contributed by atoms with Gasteiger partial charge in [0.25, 0.3) is 5.91 Å². The first-order valence-corrected chi connectivity index (χ1v) is 9.35. The first-order chi connectivity index (χ1) is 11.1. The van der Waals surface area contributed by atoms with E-state index in [2.05, 4.69) is 0 Å². The molecule has 0 aromatic heterocycles. The van der Waals surface area contributed by atoms with E-state index in [4.69, 9.17) is 21.5 Å². The van der Waals surface area contributed by atoms with Crippen molar-refractivity contribution in [3.8, 4) is 5.75 Å². The van der Waals surface area contributed by atoms with Crippen LogP contribution in [0.3, 0.4) is 0 Å². The lowest BCUT2D eigenvalue weighted by Gasteiger charge is -2.33. The molecule has 0 radical (unpaired) electrons. The molecular formula is C15H23ClN2O5S. The predicted molar refractivity (Wildman–Crippen MR) is 90.8 cm³/mol. The van der Waals surface area contributed by atoms with E-state index in [1.54, 1.807) is 32.9 Å². The molecule has 0 aliphatic carbocycles. The van der Waals surface area contributed by atoms with Crippen LogP contribution in [0.4, 0.5) is 0 Å². The van der Waals surface area contributed by atoms with Gasteiger partial charge in [0.15, 0.2) is 0 Å². The van der Waals surface area contributed by atoms with E-state index in [9.17, 15) is 13.2 Å². The van der Waals surface area contributed by atoms with Crippen LogP contribution in [0, 0.1) is 0 Å². The summed E-state index contributed by atoms with van der Waals surface area (Å²) in [6.45, 7) is 4.95. The second-order valence-corrected chi connectivity index (χ2v) is 8.32. The van der Waals surface area contributed by atoms with Crippen LogP contribution in [0.15, 0.2) is 29.2 Å². The number of hydroxylamine groups is 1. The first kappa shape index (κ1) is 20.7. The molecule has 0 unspecified atom stereocenters. The molecule has 0 aliphatic heterocycles. The molecule has 24 heavy (non-hydrogen) atoms. The SMILES string of the molecule is CC(C)(C)N(CC(=O)NO)S(=O)(=O)c1ccc(OCCCCl)cc1. The minimum atomic E-state index is -3.92. The Balaban J connectivity index is 3.04. The van der Waals surface area contributed by atoms with E-state index in [0.29, 0.717) is 24.7 Å². The lowest BCUT2D eigenvalue weighted by molar-refractivity contribution is -0.130. The highest BCUT2D eigenvalue weighted by molar-refractivity contribution is 7.89. The lowest BCUT2D eigenvalue weighted by Crippen LogP contribution is -2.49. The van der Waals surface area contributed by atoms with Crippen molar-refractivity contribution in [2.75, 3.05) is 19.0 Å². The molecule has 7 nitrogen and oxygen atoms in total. The molecule has 0 fully saturated rings. The Morgan fingerprint density at radius 1 is 1.29 bits per heavy atom. The Bertz CT molecular complexity index is 641. The summed E-state index contributed by atoms with van der Waals surface area (Å²) in [5.41, 5.74) is 0.607. The molecule has 1 amide bonds. The Labute approximate surface area is 147 Å². The normalized spacial score (nSPS) is 12.2. The summed E-state index contributed by atoms with van der Waals surface area (Å²) < 4.78 is 32.1. The van der Waals surface area contributed by atoms with Crippen molar-refractivity contribution in [1.29, 1.82) is 0 Å². The quantitative estimate of drug-likeness (QED) is 0.312. The van der Waals surface area contributed by atoms with Gasteiger partial charge in [-0.15, -0.1) is 11.6 Å². The smallest absolute Gasteiger partial charge is 0.258 e. The van der Waals surface area contributed by atoms with E-state index in [-0.39, 0.29) is 4.90 Å². The summed E-state index contributed by atoms with van der Waals surface area (Å²) in [4.78, 5) is 11.5. The third-order valence-electron chi connectivity index (χ3n) is 3.12. The predicted octanol–water partition coefficient (Wildman–Crippen LogP) is 1.99. The number of hydrogen-bond acceptors (Lipinski definition) is 5. The molecule has 0 atom stereocenters. The number of carbonyl (C=O) groups is 1. The summed E-state index contributed by atoms with van der Waals surface area (Å²) in [6, 6.07) is 5.93. The van der Waals surface area contributed by atoms with Crippen molar-refractivity contribution in [2.45, 2.75) is 37.6 Å². The van der Waals surface area contributed by atoms with Crippen LogP contribution in [0.5, 0.6) is 5.75 Å². The Morgan fingerprint density at radius 3 is 2.33 bits per heavy atom. The third-order valence-corrected chi connectivity index (χ3v) is 5.51. The van der Waals surface area contributed by atoms with E-state index in [1.165, 1.54) is 17.6 Å². The number of alkyl halides is 1. The highest BCUT2D eigenvalue weighted by Crippen LogP contribution is 2.25. The van der Waals surface area contributed by atoms with E-state index in [0.717, 1.165) is 4.31 Å². The van der Waals surface area contributed by atoms with Gasteiger partial charge in [0.2, 0.25) is 10.0 Å². The molecule has 1 rings (SSSR count). The van der Waals surface area contributed by atoms with Crippen LogP contribution in [0.2, 0.25) is 0 Å². The maximum atomic E-state index is 12.8. The number of nitrogens with one attached hydrogen (secondary N) is 1. The van der Waals surface area contributed by atoms with E-state index < -0.39 is 28.0 Å². The number of benzene rings is 1. The topological polar surface area (TPSA) is 95.9 Å². The van der Waals surface area contributed by atoms with Gasteiger partial charge in [0.1, 0.15) is 5.75 Å². The maximum absolute atomic E-state index is 12.8. The highest BCUT2D eigenvalue weighted by Gasteiger charge is 2.35. The van der Waals surface area contributed by atoms with Crippen LogP contribution in [0.1, 0.15) is 27.2 Å². The molecule has 136 valence electrons. The maximum Gasteiger partial charge on any atom is 0.258 e. The molecular weight excluding hydrogens is 356 g/mol. The van der Waals surface area contributed by atoms with Crippen molar-refractivity contribution in [1.82, 2.24) is 9.79 Å². The Morgan fingerprint density at radius 2 is 1.88 bits per heavy atom. The van der Waals surface area contributed by atoms with Crippen LogP contribution in [-0.2, 0) is 14.8 Å². The second-order valence-electron chi connectivity index (χ2n) is 6.08. The second kappa shape index (κ2) is 8.66. The summed E-state index contributed by atoms with van der Waals surface area (Å²) in [5.74, 6) is 0.212. The molecule has 1 aromatic carbocycles. The largest absolute Gasteiger partial charge is 0.494 e. The zero-order valence-electron chi connectivity index (χ0n) is 14.0. The monoisotopic (exact) mass is 378 g/mol. The Hall–Kier alpha value is -1.35. The number of rotatable bonds is 8. The number of nitrogens with zero attached hydrogens (tertiary/aromatic N) is 1. The zero-order valence-corrected chi connectivity index (χ0v) is 15.5.